The predicted molar refractivity (Wildman–Crippen MR) is 108 cm³/mol. The molecule has 0 N–H and O–H groups in total. The van der Waals surface area contributed by atoms with Crippen molar-refractivity contribution in [2.24, 2.45) is 10.2 Å². The van der Waals surface area contributed by atoms with E-state index >= 15 is 0 Å². The highest BCUT2D eigenvalue weighted by molar-refractivity contribution is 6.33. The monoisotopic (exact) mass is 403 g/mol. The summed E-state index contributed by atoms with van der Waals surface area (Å²) in [5, 5.41) is 8.78. The number of anilines is 1. The van der Waals surface area contributed by atoms with E-state index in [1.807, 2.05) is 6.07 Å². The Labute approximate surface area is 168 Å². The Balaban J connectivity index is 1.92. The lowest BCUT2D eigenvalue weighted by atomic mass is 10.2. The molecule has 1 heterocycles. The van der Waals surface area contributed by atoms with E-state index in [2.05, 4.69) is 19.9 Å². The number of carbonyl (C=O) groups is 1. The van der Waals surface area contributed by atoms with Gasteiger partial charge in [0.2, 0.25) is 0 Å². The highest BCUT2D eigenvalue weighted by Gasteiger charge is 2.19. The van der Waals surface area contributed by atoms with E-state index in [-0.39, 0.29) is 0 Å². The summed E-state index contributed by atoms with van der Waals surface area (Å²) in [6, 6.07) is 8.41. The standard InChI is InChI=1S/C20H22ClN3O4/c1-26-18-12-17(24-8-4-5-9-24)19(27-2)11-16(18)23-22-15-7-6-13(10-14(15)21)20(25)28-3/h6-7,10-12H,4-5,8-9H2,1-3H3. The molecule has 0 radical (unpaired) electrons. The first kappa shape index (κ1) is 19.9. The van der Waals surface area contributed by atoms with Crippen molar-refractivity contribution < 1.29 is 19.0 Å². The number of nitrogens with zero attached hydrogens (tertiary/aromatic N) is 3. The fourth-order valence-electron chi connectivity index (χ4n) is 3.09. The molecule has 1 aliphatic rings. The number of ether oxygens (including phenoxy) is 3. The predicted octanol–water partition coefficient (Wildman–Crippen LogP) is 5.16. The second-order valence-corrected chi connectivity index (χ2v) is 6.66. The Kier molecular flexibility index (Phi) is 6.36. The van der Waals surface area contributed by atoms with Crippen LogP contribution in [0.5, 0.6) is 11.5 Å². The SMILES string of the molecule is COC(=O)c1ccc(N=Nc2cc(OC)c(N3CCCC3)cc2OC)c(Cl)c1. The van der Waals surface area contributed by atoms with Crippen LogP contribution in [0.4, 0.5) is 17.1 Å². The summed E-state index contributed by atoms with van der Waals surface area (Å²) in [6.45, 7) is 1.98. The molecule has 0 unspecified atom stereocenters. The van der Waals surface area contributed by atoms with E-state index in [0.717, 1.165) is 31.6 Å². The van der Waals surface area contributed by atoms with Gasteiger partial charge in [-0.3, -0.25) is 0 Å². The average molecular weight is 404 g/mol. The maximum absolute atomic E-state index is 11.6. The van der Waals surface area contributed by atoms with Gasteiger partial charge in [-0.2, -0.15) is 0 Å². The minimum Gasteiger partial charge on any atom is -0.494 e. The molecular weight excluding hydrogens is 382 g/mol. The third kappa shape index (κ3) is 4.20. The number of halogens is 1. The van der Waals surface area contributed by atoms with Gasteiger partial charge >= 0.3 is 5.97 Å². The summed E-state index contributed by atoms with van der Waals surface area (Å²) in [7, 11) is 4.53. The van der Waals surface area contributed by atoms with Crippen LogP contribution in [-0.4, -0.2) is 40.4 Å². The van der Waals surface area contributed by atoms with Crippen LogP contribution >= 0.6 is 11.6 Å². The maximum atomic E-state index is 11.6. The third-order valence-corrected chi connectivity index (χ3v) is 4.86. The van der Waals surface area contributed by atoms with E-state index in [9.17, 15) is 4.79 Å². The molecule has 0 atom stereocenters. The van der Waals surface area contributed by atoms with Crippen LogP contribution in [0.1, 0.15) is 23.2 Å². The molecule has 1 saturated heterocycles. The second kappa shape index (κ2) is 8.93. The van der Waals surface area contributed by atoms with Gasteiger partial charge in [-0.1, -0.05) is 11.6 Å². The molecule has 0 aromatic heterocycles. The van der Waals surface area contributed by atoms with Crippen molar-refractivity contribution in [3.05, 3.63) is 40.9 Å². The molecule has 7 nitrogen and oxygen atoms in total. The lowest BCUT2D eigenvalue weighted by molar-refractivity contribution is 0.0601. The second-order valence-electron chi connectivity index (χ2n) is 6.25. The first-order valence-electron chi connectivity index (χ1n) is 8.88. The van der Waals surface area contributed by atoms with Gasteiger partial charge in [0.25, 0.3) is 0 Å². The van der Waals surface area contributed by atoms with Crippen molar-refractivity contribution in [1.29, 1.82) is 0 Å². The summed E-state index contributed by atoms with van der Waals surface area (Å²) in [5.41, 5.74) is 2.28. The Morgan fingerprint density at radius 3 is 2.25 bits per heavy atom. The lowest BCUT2D eigenvalue weighted by Gasteiger charge is -2.21. The van der Waals surface area contributed by atoms with Crippen LogP contribution in [0.3, 0.4) is 0 Å². The number of benzene rings is 2. The molecule has 0 spiro atoms. The van der Waals surface area contributed by atoms with Crippen LogP contribution in [0.25, 0.3) is 0 Å². The molecular formula is C20H22ClN3O4. The number of hydrogen-bond donors (Lipinski definition) is 0. The quantitative estimate of drug-likeness (QED) is 0.492. The fraction of sp³-hybridized carbons (Fsp3) is 0.350. The molecule has 0 saturated carbocycles. The highest BCUT2D eigenvalue weighted by Crippen LogP contribution is 2.42. The van der Waals surface area contributed by atoms with Crippen molar-refractivity contribution >= 4 is 34.6 Å². The molecule has 0 aliphatic carbocycles. The van der Waals surface area contributed by atoms with Gasteiger partial charge in [0.15, 0.2) is 0 Å². The molecule has 28 heavy (non-hydrogen) atoms. The summed E-state index contributed by atoms with van der Waals surface area (Å²) in [4.78, 5) is 13.9. The third-order valence-electron chi connectivity index (χ3n) is 4.56. The molecule has 0 amide bonds. The van der Waals surface area contributed by atoms with E-state index in [4.69, 9.17) is 21.1 Å². The summed E-state index contributed by atoms with van der Waals surface area (Å²) in [5.74, 6) is 0.840. The van der Waals surface area contributed by atoms with Gasteiger partial charge < -0.3 is 19.1 Å². The van der Waals surface area contributed by atoms with Gasteiger partial charge in [-0.05, 0) is 31.0 Å². The van der Waals surface area contributed by atoms with Crippen molar-refractivity contribution in [2.45, 2.75) is 12.8 Å². The maximum Gasteiger partial charge on any atom is 0.337 e. The van der Waals surface area contributed by atoms with Gasteiger partial charge in [-0.15, -0.1) is 10.2 Å². The Morgan fingerprint density at radius 2 is 1.64 bits per heavy atom. The van der Waals surface area contributed by atoms with Crippen LogP contribution in [0, 0.1) is 0 Å². The summed E-state index contributed by atoms with van der Waals surface area (Å²) >= 11 is 6.22. The number of esters is 1. The Hall–Kier alpha value is -2.80. The molecule has 8 heteroatoms. The van der Waals surface area contributed by atoms with E-state index in [1.165, 1.54) is 13.2 Å². The zero-order chi connectivity index (χ0) is 20.1. The van der Waals surface area contributed by atoms with E-state index in [1.54, 1.807) is 32.4 Å². The molecule has 1 aliphatic heterocycles. The van der Waals surface area contributed by atoms with Crippen LogP contribution in [-0.2, 0) is 4.74 Å². The Bertz CT molecular complexity index is 895. The van der Waals surface area contributed by atoms with Gasteiger partial charge in [0.05, 0.1) is 37.6 Å². The largest absolute Gasteiger partial charge is 0.494 e. The summed E-state index contributed by atoms with van der Waals surface area (Å²) < 4.78 is 15.7. The normalized spacial score (nSPS) is 13.8. The fourth-order valence-corrected chi connectivity index (χ4v) is 3.31. The smallest absolute Gasteiger partial charge is 0.337 e. The molecule has 148 valence electrons. The molecule has 1 fully saturated rings. The van der Waals surface area contributed by atoms with E-state index < -0.39 is 5.97 Å². The minimum atomic E-state index is -0.464. The zero-order valence-corrected chi connectivity index (χ0v) is 16.8. The number of methoxy groups -OCH3 is 3. The van der Waals surface area contributed by atoms with Crippen LogP contribution < -0.4 is 14.4 Å². The number of azo groups is 1. The van der Waals surface area contributed by atoms with Crippen LogP contribution in [0.2, 0.25) is 5.02 Å². The molecule has 3 rings (SSSR count). The first-order valence-corrected chi connectivity index (χ1v) is 9.25. The van der Waals surface area contributed by atoms with Crippen molar-refractivity contribution in [2.75, 3.05) is 39.3 Å². The lowest BCUT2D eigenvalue weighted by Crippen LogP contribution is -2.18. The highest BCUT2D eigenvalue weighted by atomic mass is 35.5. The van der Waals surface area contributed by atoms with E-state index in [0.29, 0.717) is 33.5 Å². The van der Waals surface area contributed by atoms with Gasteiger partial charge in [-0.25, -0.2) is 4.79 Å². The zero-order valence-electron chi connectivity index (χ0n) is 16.1. The van der Waals surface area contributed by atoms with Crippen molar-refractivity contribution in [3.63, 3.8) is 0 Å². The van der Waals surface area contributed by atoms with Gasteiger partial charge in [0.1, 0.15) is 22.9 Å². The first-order chi connectivity index (χ1) is 13.6. The number of carbonyl (C=O) groups excluding carboxylic acids is 1. The van der Waals surface area contributed by atoms with Gasteiger partial charge in [0, 0.05) is 25.2 Å². The van der Waals surface area contributed by atoms with Crippen LogP contribution in [0.15, 0.2) is 40.6 Å². The molecule has 0 bridgehead atoms. The Morgan fingerprint density at radius 1 is 0.964 bits per heavy atom. The molecule has 2 aromatic rings. The minimum absolute atomic E-state index is 0.297. The number of rotatable bonds is 6. The topological polar surface area (TPSA) is 72.7 Å². The molecule has 2 aromatic carbocycles. The average Bonchev–Trinajstić information content (AvgIpc) is 3.26. The number of hydrogen-bond acceptors (Lipinski definition) is 7. The van der Waals surface area contributed by atoms with Crippen molar-refractivity contribution in [1.82, 2.24) is 0 Å². The summed E-state index contributed by atoms with van der Waals surface area (Å²) in [6.07, 6.45) is 2.32. The van der Waals surface area contributed by atoms with Crippen molar-refractivity contribution in [3.8, 4) is 11.5 Å².